The van der Waals surface area contributed by atoms with Gasteiger partial charge in [-0.1, -0.05) is 30.3 Å². The predicted molar refractivity (Wildman–Crippen MR) is 90.6 cm³/mol. The Bertz CT molecular complexity index is 455. The van der Waals surface area contributed by atoms with Crippen molar-refractivity contribution in [3.8, 4) is 0 Å². The van der Waals surface area contributed by atoms with Crippen molar-refractivity contribution in [3.63, 3.8) is 0 Å². The lowest BCUT2D eigenvalue weighted by Crippen LogP contribution is -2.51. The standard InChI is InChI=1S/C18H29N3O/c1-14(13-19)20-18(22)15(2)21-10-8-17(9-11-21)12-16-6-4-3-5-7-16/h3-7,14-15,17H,8-13,19H2,1-2H3,(H,20,22)/t14-,15?/m0/s1. The summed E-state index contributed by atoms with van der Waals surface area (Å²) >= 11 is 0. The van der Waals surface area contributed by atoms with Gasteiger partial charge in [-0.15, -0.1) is 0 Å². The molecule has 1 saturated heterocycles. The second-order valence-electron chi connectivity index (χ2n) is 6.49. The van der Waals surface area contributed by atoms with Crippen LogP contribution >= 0.6 is 0 Å². The van der Waals surface area contributed by atoms with Crippen molar-refractivity contribution in [2.45, 2.75) is 45.2 Å². The van der Waals surface area contributed by atoms with Crippen LogP contribution in [0.15, 0.2) is 30.3 Å². The normalized spacial score (nSPS) is 19.6. The molecule has 4 nitrogen and oxygen atoms in total. The Balaban J connectivity index is 1.77. The zero-order valence-electron chi connectivity index (χ0n) is 13.8. The van der Waals surface area contributed by atoms with Crippen molar-refractivity contribution >= 4 is 5.91 Å². The molecular weight excluding hydrogens is 274 g/mol. The Labute approximate surface area is 134 Å². The van der Waals surface area contributed by atoms with Crippen LogP contribution in [0.25, 0.3) is 0 Å². The third-order valence-corrected chi connectivity index (χ3v) is 4.69. The van der Waals surface area contributed by atoms with Crippen LogP contribution in [0.3, 0.4) is 0 Å². The lowest BCUT2D eigenvalue weighted by atomic mass is 9.89. The number of piperidine rings is 1. The number of carbonyl (C=O) groups excluding carboxylic acids is 1. The second kappa shape index (κ2) is 8.30. The minimum Gasteiger partial charge on any atom is -0.351 e. The predicted octanol–water partition coefficient (Wildman–Crippen LogP) is 1.79. The molecule has 1 aromatic rings. The van der Waals surface area contributed by atoms with Crippen LogP contribution in [0.2, 0.25) is 0 Å². The van der Waals surface area contributed by atoms with Gasteiger partial charge in [-0.05, 0) is 57.7 Å². The lowest BCUT2D eigenvalue weighted by molar-refractivity contribution is -0.127. The van der Waals surface area contributed by atoms with Gasteiger partial charge in [0.2, 0.25) is 5.91 Å². The summed E-state index contributed by atoms with van der Waals surface area (Å²) < 4.78 is 0. The Morgan fingerprint density at radius 1 is 1.27 bits per heavy atom. The number of benzene rings is 1. The first-order valence-electron chi connectivity index (χ1n) is 8.38. The zero-order chi connectivity index (χ0) is 15.9. The molecule has 1 amide bonds. The molecule has 1 aliphatic heterocycles. The molecular formula is C18H29N3O. The van der Waals surface area contributed by atoms with E-state index in [2.05, 4.69) is 40.5 Å². The van der Waals surface area contributed by atoms with E-state index in [9.17, 15) is 4.79 Å². The van der Waals surface area contributed by atoms with E-state index in [1.54, 1.807) is 0 Å². The van der Waals surface area contributed by atoms with Gasteiger partial charge >= 0.3 is 0 Å². The third-order valence-electron chi connectivity index (χ3n) is 4.69. The van der Waals surface area contributed by atoms with E-state index < -0.39 is 0 Å². The number of nitrogens with one attached hydrogen (secondary N) is 1. The van der Waals surface area contributed by atoms with Crippen molar-refractivity contribution in [2.24, 2.45) is 11.7 Å². The summed E-state index contributed by atoms with van der Waals surface area (Å²) in [6.45, 7) is 6.43. The van der Waals surface area contributed by atoms with Gasteiger partial charge in [0.05, 0.1) is 6.04 Å². The molecule has 0 bridgehead atoms. The van der Waals surface area contributed by atoms with Crippen LogP contribution in [0.5, 0.6) is 0 Å². The summed E-state index contributed by atoms with van der Waals surface area (Å²) in [5, 5.41) is 2.97. The van der Waals surface area contributed by atoms with E-state index >= 15 is 0 Å². The number of nitrogens with two attached hydrogens (primary N) is 1. The van der Waals surface area contributed by atoms with Crippen LogP contribution in [0.4, 0.5) is 0 Å². The molecule has 0 saturated carbocycles. The third kappa shape index (κ3) is 4.82. The summed E-state index contributed by atoms with van der Waals surface area (Å²) in [6, 6.07) is 10.7. The van der Waals surface area contributed by atoms with Crippen molar-refractivity contribution < 1.29 is 4.79 Å². The van der Waals surface area contributed by atoms with Crippen LogP contribution in [-0.2, 0) is 11.2 Å². The summed E-state index contributed by atoms with van der Waals surface area (Å²) in [5.41, 5.74) is 6.98. The monoisotopic (exact) mass is 303 g/mol. The largest absolute Gasteiger partial charge is 0.351 e. The summed E-state index contributed by atoms with van der Waals surface area (Å²) in [7, 11) is 0. The molecule has 22 heavy (non-hydrogen) atoms. The molecule has 2 rings (SSSR count). The molecule has 1 fully saturated rings. The van der Waals surface area contributed by atoms with E-state index in [4.69, 9.17) is 5.73 Å². The highest BCUT2D eigenvalue weighted by atomic mass is 16.2. The maximum atomic E-state index is 12.2. The SMILES string of the molecule is CC(C(=O)N[C@@H](C)CN)N1CCC(Cc2ccccc2)CC1. The van der Waals surface area contributed by atoms with Gasteiger partial charge in [0.15, 0.2) is 0 Å². The maximum Gasteiger partial charge on any atom is 0.237 e. The smallest absolute Gasteiger partial charge is 0.237 e. The number of rotatable bonds is 6. The van der Waals surface area contributed by atoms with Gasteiger partial charge in [-0.2, -0.15) is 0 Å². The van der Waals surface area contributed by atoms with E-state index in [1.807, 2.05) is 13.8 Å². The molecule has 2 atom stereocenters. The highest BCUT2D eigenvalue weighted by molar-refractivity contribution is 5.81. The summed E-state index contributed by atoms with van der Waals surface area (Å²) in [6.07, 6.45) is 3.48. The number of hydrogen-bond acceptors (Lipinski definition) is 3. The van der Waals surface area contributed by atoms with Crippen molar-refractivity contribution in [1.29, 1.82) is 0 Å². The Kier molecular flexibility index (Phi) is 6.40. The molecule has 1 heterocycles. The molecule has 1 aliphatic rings. The number of likely N-dealkylation sites (tertiary alicyclic amines) is 1. The fourth-order valence-corrected chi connectivity index (χ4v) is 3.08. The van der Waals surface area contributed by atoms with Gasteiger partial charge in [-0.25, -0.2) is 0 Å². The molecule has 1 aromatic carbocycles. The van der Waals surface area contributed by atoms with Crippen LogP contribution in [0, 0.1) is 5.92 Å². The molecule has 4 heteroatoms. The quantitative estimate of drug-likeness (QED) is 0.842. The molecule has 1 unspecified atom stereocenters. The number of hydrogen-bond donors (Lipinski definition) is 2. The Hall–Kier alpha value is -1.39. The summed E-state index contributed by atoms with van der Waals surface area (Å²) in [4.78, 5) is 14.5. The highest BCUT2D eigenvalue weighted by Gasteiger charge is 2.27. The number of nitrogens with zero attached hydrogens (tertiary/aromatic N) is 1. The van der Waals surface area contributed by atoms with Gasteiger partial charge in [0.25, 0.3) is 0 Å². The fourth-order valence-electron chi connectivity index (χ4n) is 3.08. The Morgan fingerprint density at radius 2 is 1.91 bits per heavy atom. The van der Waals surface area contributed by atoms with Crippen LogP contribution < -0.4 is 11.1 Å². The highest BCUT2D eigenvalue weighted by Crippen LogP contribution is 2.22. The van der Waals surface area contributed by atoms with Gasteiger partial charge < -0.3 is 11.1 Å². The lowest BCUT2D eigenvalue weighted by Gasteiger charge is -2.35. The zero-order valence-corrected chi connectivity index (χ0v) is 13.8. The van der Waals surface area contributed by atoms with Crippen LogP contribution in [-0.4, -0.2) is 42.5 Å². The molecule has 0 aromatic heterocycles. The van der Waals surface area contributed by atoms with Crippen molar-refractivity contribution in [3.05, 3.63) is 35.9 Å². The average Bonchev–Trinajstić information content (AvgIpc) is 2.55. The molecule has 3 N–H and O–H groups in total. The first kappa shape index (κ1) is 17.0. The van der Waals surface area contributed by atoms with Gasteiger partial charge in [0, 0.05) is 12.6 Å². The van der Waals surface area contributed by atoms with Crippen LogP contribution in [0.1, 0.15) is 32.3 Å². The van der Waals surface area contributed by atoms with E-state index in [1.165, 1.54) is 18.4 Å². The minimum atomic E-state index is -0.0633. The van der Waals surface area contributed by atoms with Crippen molar-refractivity contribution in [1.82, 2.24) is 10.2 Å². The fraction of sp³-hybridized carbons (Fsp3) is 0.611. The first-order chi connectivity index (χ1) is 10.6. The van der Waals surface area contributed by atoms with Gasteiger partial charge in [0.1, 0.15) is 0 Å². The van der Waals surface area contributed by atoms with E-state index in [0.29, 0.717) is 6.54 Å². The minimum absolute atomic E-state index is 0.0468. The Morgan fingerprint density at radius 3 is 2.50 bits per heavy atom. The van der Waals surface area contributed by atoms with Crippen molar-refractivity contribution in [2.75, 3.05) is 19.6 Å². The number of carbonyl (C=O) groups is 1. The van der Waals surface area contributed by atoms with E-state index in [-0.39, 0.29) is 18.0 Å². The topological polar surface area (TPSA) is 58.4 Å². The average molecular weight is 303 g/mol. The molecule has 0 aliphatic carbocycles. The maximum absolute atomic E-state index is 12.2. The number of amides is 1. The van der Waals surface area contributed by atoms with E-state index in [0.717, 1.165) is 25.4 Å². The molecule has 0 spiro atoms. The second-order valence-corrected chi connectivity index (χ2v) is 6.49. The molecule has 122 valence electrons. The molecule has 0 radical (unpaired) electrons. The first-order valence-corrected chi connectivity index (χ1v) is 8.38. The summed E-state index contributed by atoms with van der Waals surface area (Å²) in [5.74, 6) is 0.830. The van der Waals surface area contributed by atoms with Gasteiger partial charge in [-0.3, -0.25) is 9.69 Å².